The van der Waals surface area contributed by atoms with Crippen LogP contribution in [0.5, 0.6) is 5.75 Å². The molecule has 2 nitrogen and oxygen atoms in total. The first-order valence-corrected chi connectivity index (χ1v) is 5.82. The van der Waals surface area contributed by atoms with Crippen molar-refractivity contribution in [2.75, 3.05) is 6.61 Å². The zero-order valence-electron chi connectivity index (χ0n) is 8.80. The summed E-state index contributed by atoms with van der Waals surface area (Å²) in [6, 6.07) is 4.14. The molecule has 100 valence electrons. The summed E-state index contributed by atoms with van der Waals surface area (Å²) in [6.45, 7) is -0.698. The first-order valence-electron chi connectivity index (χ1n) is 4.65. The van der Waals surface area contributed by atoms with Crippen molar-refractivity contribution >= 4 is 40.4 Å². The topological polar surface area (TPSA) is 35.2 Å². The quantitative estimate of drug-likeness (QED) is 0.857. The van der Waals surface area contributed by atoms with Crippen LogP contribution in [0.2, 0.25) is 10.0 Å². The summed E-state index contributed by atoms with van der Waals surface area (Å²) >= 11 is 15.7. The van der Waals surface area contributed by atoms with Crippen LogP contribution in [-0.2, 0) is 0 Å². The highest BCUT2D eigenvalue weighted by atomic mass is 35.5. The standard InChI is InChI=1S/C10H8Cl2F3NOS/c11-7-2-1-5(3-8(7)12)17-4-6(9(16)18)10(13,14)15/h1-3,6H,4H2,(H2,16,18). The smallest absolute Gasteiger partial charge is 0.401 e. The number of hydrogen-bond acceptors (Lipinski definition) is 2. The van der Waals surface area contributed by atoms with Crippen LogP contribution in [0.3, 0.4) is 0 Å². The molecule has 1 unspecified atom stereocenters. The first-order chi connectivity index (χ1) is 8.21. The van der Waals surface area contributed by atoms with E-state index < -0.39 is 23.7 Å². The van der Waals surface area contributed by atoms with Crippen molar-refractivity contribution in [3.05, 3.63) is 28.2 Å². The molecule has 0 radical (unpaired) electrons. The molecule has 0 saturated heterocycles. The first kappa shape index (κ1) is 15.3. The fourth-order valence-electron chi connectivity index (χ4n) is 1.08. The molecule has 1 atom stereocenters. The molecule has 1 rings (SSSR count). The van der Waals surface area contributed by atoms with E-state index in [1.165, 1.54) is 18.2 Å². The number of ether oxygens (including phenoxy) is 1. The Morgan fingerprint density at radius 3 is 2.39 bits per heavy atom. The Labute approximate surface area is 117 Å². The monoisotopic (exact) mass is 317 g/mol. The number of hydrogen-bond donors (Lipinski definition) is 1. The van der Waals surface area contributed by atoms with Crippen LogP contribution in [0, 0.1) is 5.92 Å². The molecule has 0 aromatic heterocycles. The van der Waals surface area contributed by atoms with E-state index in [9.17, 15) is 13.2 Å². The molecule has 0 aliphatic heterocycles. The van der Waals surface area contributed by atoms with Crippen molar-refractivity contribution in [3.8, 4) is 5.75 Å². The minimum Gasteiger partial charge on any atom is -0.492 e. The maximum absolute atomic E-state index is 12.5. The van der Waals surface area contributed by atoms with Gasteiger partial charge in [0, 0.05) is 6.07 Å². The Kier molecular flexibility index (Phi) is 5.07. The third-order valence-electron chi connectivity index (χ3n) is 2.05. The number of benzene rings is 1. The molecule has 0 bridgehead atoms. The van der Waals surface area contributed by atoms with Crippen molar-refractivity contribution in [2.24, 2.45) is 11.7 Å². The summed E-state index contributed by atoms with van der Waals surface area (Å²) < 4.78 is 42.5. The second kappa shape index (κ2) is 5.95. The molecular formula is C10H8Cl2F3NOS. The van der Waals surface area contributed by atoms with Crippen molar-refractivity contribution in [1.82, 2.24) is 0 Å². The van der Waals surface area contributed by atoms with Crippen LogP contribution in [0.1, 0.15) is 0 Å². The Balaban J connectivity index is 2.73. The van der Waals surface area contributed by atoms with Gasteiger partial charge in [-0.1, -0.05) is 35.4 Å². The van der Waals surface area contributed by atoms with Gasteiger partial charge in [-0.25, -0.2) is 0 Å². The highest BCUT2D eigenvalue weighted by Gasteiger charge is 2.42. The molecule has 18 heavy (non-hydrogen) atoms. The fraction of sp³-hybridized carbons (Fsp3) is 0.300. The van der Waals surface area contributed by atoms with E-state index in [-0.39, 0.29) is 15.8 Å². The van der Waals surface area contributed by atoms with Gasteiger partial charge in [-0.05, 0) is 12.1 Å². The van der Waals surface area contributed by atoms with Gasteiger partial charge in [-0.15, -0.1) is 0 Å². The zero-order chi connectivity index (χ0) is 13.9. The zero-order valence-corrected chi connectivity index (χ0v) is 11.1. The average Bonchev–Trinajstić information content (AvgIpc) is 2.21. The lowest BCUT2D eigenvalue weighted by Gasteiger charge is -2.19. The van der Waals surface area contributed by atoms with E-state index in [1.807, 2.05) is 0 Å². The molecule has 0 heterocycles. The van der Waals surface area contributed by atoms with Gasteiger partial charge in [0.25, 0.3) is 0 Å². The number of nitrogens with two attached hydrogens (primary N) is 1. The minimum absolute atomic E-state index is 0.162. The highest BCUT2D eigenvalue weighted by molar-refractivity contribution is 7.80. The predicted molar refractivity (Wildman–Crippen MR) is 68.3 cm³/mol. The van der Waals surface area contributed by atoms with Crippen molar-refractivity contribution in [1.29, 1.82) is 0 Å². The van der Waals surface area contributed by atoms with E-state index in [2.05, 4.69) is 12.2 Å². The van der Waals surface area contributed by atoms with Gasteiger partial charge in [0.1, 0.15) is 18.3 Å². The van der Waals surface area contributed by atoms with Gasteiger partial charge in [0.2, 0.25) is 0 Å². The molecule has 0 aliphatic carbocycles. The summed E-state index contributed by atoms with van der Waals surface area (Å²) in [5.74, 6) is -1.84. The molecule has 0 aliphatic rings. The average molecular weight is 318 g/mol. The number of rotatable bonds is 4. The van der Waals surface area contributed by atoms with Crippen molar-refractivity contribution in [2.45, 2.75) is 6.18 Å². The van der Waals surface area contributed by atoms with Gasteiger partial charge in [0.15, 0.2) is 0 Å². The second-order valence-corrected chi connectivity index (χ2v) is 4.67. The summed E-state index contributed by atoms with van der Waals surface area (Å²) in [5, 5.41) is 0.471. The molecule has 0 saturated carbocycles. The summed E-state index contributed by atoms with van der Waals surface area (Å²) in [6.07, 6.45) is -4.54. The van der Waals surface area contributed by atoms with Crippen molar-refractivity contribution < 1.29 is 17.9 Å². The number of halogens is 5. The highest BCUT2D eigenvalue weighted by Crippen LogP contribution is 2.29. The van der Waals surface area contributed by atoms with Gasteiger partial charge in [-0.3, -0.25) is 0 Å². The molecule has 0 amide bonds. The van der Waals surface area contributed by atoms with Gasteiger partial charge < -0.3 is 10.5 Å². The number of alkyl halides is 3. The maximum atomic E-state index is 12.5. The molecule has 2 N–H and O–H groups in total. The normalized spacial score (nSPS) is 13.2. The molecular weight excluding hydrogens is 310 g/mol. The van der Waals surface area contributed by atoms with Gasteiger partial charge in [0.05, 0.1) is 15.0 Å². The van der Waals surface area contributed by atoms with Crippen LogP contribution in [0.25, 0.3) is 0 Å². The predicted octanol–water partition coefficient (Wildman–Crippen LogP) is 3.84. The largest absolute Gasteiger partial charge is 0.492 e. The lowest BCUT2D eigenvalue weighted by Crippen LogP contribution is -2.38. The SMILES string of the molecule is NC(=S)C(COc1ccc(Cl)c(Cl)c1)C(F)(F)F. The molecule has 0 fully saturated rings. The van der Waals surface area contributed by atoms with Gasteiger partial charge >= 0.3 is 6.18 Å². The molecule has 1 aromatic rings. The van der Waals surface area contributed by atoms with Crippen LogP contribution in [0.15, 0.2) is 18.2 Å². The van der Waals surface area contributed by atoms with Crippen LogP contribution in [0.4, 0.5) is 13.2 Å². The minimum atomic E-state index is -4.54. The molecule has 8 heteroatoms. The Bertz CT molecular complexity index is 453. The fourth-order valence-corrected chi connectivity index (χ4v) is 1.57. The lowest BCUT2D eigenvalue weighted by atomic mass is 10.1. The van der Waals surface area contributed by atoms with Crippen LogP contribution < -0.4 is 10.5 Å². The Morgan fingerprint density at radius 2 is 1.94 bits per heavy atom. The van der Waals surface area contributed by atoms with E-state index in [1.54, 1.807) is 0 Å². The summed E-state index contributed by atoms with van der Waals surface area (Å²) in [7, 11) is 0. The molecule has 0 spiro atoms. The van der Waals surface area contributed by atoms with E-state index in [0.717, 1.165) is 0 Å². The van der Waals surface area contributed by atoms with Crippen molar-refractivity contribution in [3.63, 3.8) is 0 Å². The van der Waals surface area contributed by atoms with E-state index in [0.29, 0.717) is 0 Å². The summed E-state index contributed by atoms with van der Waals surface area (Å²) in [5.41, 5.74) is 5.03. The van der Waals surface area contributed by atoms with Crippen LogP contribution >= 0.6 is 35.4 Å². The second-order valence-electron chi connectivity index (χ2n) is 3.38. The third kappa shape index (κ3) is 4.19. The van der Waals surface area contributed by atoms with E-state index in [4.69, 9.17) is 33.7 Å². The molecule has 1 aromatic carbocycles. The Hall–Kier alpha value is -0.720. The van der Waals surface area contributed by atoms with Gasteiger partial charge in [-0.2, -0.15) is 13.2 Å². The summed E-state index contributed by atoms with van der Waals surface area (Å²) in [4.78, 5) is -0.664. The van der Waals surface area contributed by atoms with Crippen LogP contribution in [-0.4, -0.2) is 17.8 Å². The van der Waals surface area contributed by atoms with E-state index >= 15 is 0 Å². The third-order valence-corrected chi connectivity index (χ3v) is 3.07. The lowest BCUT2D eigenvalue weighted by molar-refractivity contribution is -0.161. The number of thiocarbonyl (C=S) groups is 1. The maximum Gasteiger partial charge on any atom is 0.401 e. The Morgan fingerprint density at radius 1 is 1.33 bits per heavy atom.